The maximum absolute atomic E-state index is 12.3. The largest absolute Gasteiger partial charge is 0.459 e. The Bertz CT molecular complexity index is 755. The molecule has 134 valence electrons. The van der Waals surface area contributed by atoms with Crippen molar-refractivity contribution in [1.82, 2.24) is 4.90 Å². The Morgan fingerprint density at radius 3 is 2.56 bits per heavy atom. The fourth-order valence-electron chi connectivity index (χ4n) is 2.10. The number of anilines is 1. The number of benzene rings is 1. The van der Waals surface area contributed by atoms with Crippen molar-refractivity contribution in [1.29, 1.82) is 0 Å². The van der Waals surface area contributed by atoms with Gasteiger partial charge >= 0.3 is 6.18 Å². The second kappa shape index (κ2) is 7.42. The van der Waals surface area contributed by atoms with Gasteiger partial charge in [-0.3, -0.25) is 9.59 Å². The molecule has 0 atom stereocenters. The summed E-state index contributed by atoms with van der Waals surface area (Å²) >= 11 is 0. The van der Waals surface area contributed by atoms with E-state index in [1.807, 2.05) is 0 Å². The number of hydrogen-bond acceptors (Lipinski definition) is 3. The third kappa shape index (κ3) is 5.10. The average molecular weight is 354 g/mol. The summed E-state index contributed by atoms with van der Waals surface area (Å²) in [5.41, 5.74) is 1.27. The highest BCUT2D eigenvalue weighted by Crippen LogP contribution is 2.22. The number of nitrogens with zero attached hydrogens (tertiary/aromatic N) is 1. The van der Waals surface area contributed by atoms with Gasteiger partial charge in [-0.05, 0) is 36.8 Å². The highest BCUT2D eigenvalue weighted by atomic mass is 19.4. The van der Waals surface area contributed by atoms with Gasteiger partial charge in [-0.1, -0.05) is 6.07 Å². The van der Waals surface area contributed by atoms with Crippen LogP contribution in [0.5, 0.6) is 0 Å². The van der Waals surface area contributed by atoms with Crippen LogP contribution in [0.4, 0.5) is 18.9 Å². The van der Waals surface area contributed by atoms with Gasteiger partial charge in [0.05, 0.1) is 12.7 Å². The van der Waals surface area contributed by atoms with E-state index in [0.717, 1.165) is 4.90 Å². The van der Waals surface area contributed by atoms with Gasteiger partial charge in [-0.15, -0.1) is 0 Å². The van der Waals surface area contributed by atoms with E-state index < -0.39 is 31.0 Å². The highest BCUT2D eigenvalue weighted by Gasteiger charge is 2.28. The molecule has 2 amide bonds. The summed E-state index contributed by atoms with van der Waals surface area (Å²) < 4.78 is 41.8. The van der Waals surface area contributed by atoms with E-state index in [1.54, 1.807) is 19.1 Å². The first-order valence-corrected chi connectivity index (χ1v) is 7.45. The van der Waals surface area contributed by atoms with Gasteiger partial charge in [0, 0.05) is 24.8 Å². The molecule has 5 nitrogen and oxygen atoms in total. The number of carbonyl (C=O) groups is 2. The van der Waals surface area contributed by atoms with Crippen molar-refractivity contribution < 1.29 is 27.2 Å². The van der Waals surface area contributed by atoms with Gasteiger partial charge in [0.2, 0.25) is 0 Å². The van der Waals surface area contributed by atoms with Crippen molar-refractivity contribution in [3.63, 3.8) is 0 Å². The summed E-state index contributed by atoms with van der Waals surface area (Å²) in [5.74, 6) is -0.931. The van der Waals surface area contributed by atoms with Crippen molar-refractivity contribution in [3.8, 4) is 0 Å². The monoisotopic (exact) mass is 354 g/mol. The Labute approximate surface area is 142 Å². The minimum Gasteiger partial charge on any atom is -0.459 e. The second-order valence-electron chi connectivity index (χ2n) is 5.55. The Kier molecular flexibility index (Phi) is 5.51. The van der Waals surface area contributed by atoms with E-state index in [2.05, 4.69) is 5.32 Å². The molecule has 0 spiro atoms. The number of rotatable bonds is 5. The lowest BCUT2D eigenvalue weighted by atomic mass is 10.1. The first-order valence-electron chi connectivity index (χ1n) is 7.45. The van der Waals surface area contributed by atoms with Crippen molar-refractivity contribution in [2.45, 2.75) is 19.5 Å². The van der Waals surface area contributed by atoms with Gasteiger partial charge in [-0.2, -0.15) is 13.2 Å². The standard InChI is InChI=1S/C17H17F3N2O3/c1-11-5-6-12(16(24)22(2)8-7-17(18,19)20)10-13(11)21-15(23)14-4-3-9-25-14/h3-6,9-10H,7-8H2,1-2H3,(H,21,23). The molecule has 2 aromatic rings. The molecule has 0 saturated heterocycles. The molecule has 1 aromatic heterocycles. The van der Waals surface area contributed by atoms with E-state index in [-0.39, 0.29) is 11.3 Å². The van der Waals surface area contributed by atoms with Gasteiger partial charge in [0.1, 0.15) is 0 Å². The Morgan fingerprint density at radius 2 is 1.96 bits per heavy atom. The lowest BCUT2D eigenvalue weighted by Gasteiger charge is -2.19. The molecule has 8 heteroatoms. The minimum absolute atomic E-state index is 0.110. The molecule has 1 aromatic carbocycles. The van der Waals surface area contributed by atoms with E-state index in [1.165, 1.54) is 31.5 Å². The molecule has 0 unspecified atom stereocenters. The average Bonchev–Trinajstić information content (AvgIpc) is 3.08. The van der Waals surface area contributed by atoms with Crippen molar-refractivity contribution >= 4 is 17.5 Å². The third-order valence-electron chi connectivity index (χ3n) is 3.56. The van der Waals surface area contributed by atoms with Gasteiger partial charge in [0.15, 0.2) is 5.76 Å². The maximum Gasteiger partial charge on any atom is 0.390 e. The quantitative estimate of drug-likeness (QED) is 0.887. The molecular weight excluding hydrogens is 337 g/mol. The van der Waals surface area contributed by atoms with Gasteiger partial charge in [-0.25, -0.2) is 0 Å². The summed E-state index contributed by atoms with van der Waals surface area (Å²) in [7, 11) is 1.30. The number of amides is 2. The molecule has 0 aliphatic heterocycles. The zero-order valence-corrected chi connectivity index (χ0v) is 13.7. The van der Waals surface area contributed by atoms with E-state index in [0.29, 0.717) is 11.3 Å². The van der Waals surface area contributed by atoms with Crippen LogP contribution < -0.4 is 5.32 Å². The van der Waals surface area contributed by atoms with Crippen molar-refractivity contribution in [3.05, 3.63) is 53.5 Å². The number of hydrogen-bond donors (Lipinski definition) is 1. The highest BCUT2D eigenvalue weighted by molar-refractivity contribution is 6.03. The molecule has 0 fully saturated rings. The fourth-order valence-corrected chi connectivity index (χ4v) is 2.10. The van der Waals surface area contributed by atoms with Crippen LogP contribution in [0.3, 0.4) is 0 Å². The molecule has 0 aliphatic rings. The normalized spacial score (nSPS) is 11.2. The van der Waals surface area contributed by atoms with Crippen LogP contribution in [-0.2, 0) is 0 Å². The van der Waals surface area contributed by atoms with E-state index in [4.69, 9.17) is 4.42 Å². The summed E-state index contributed by atoms with van der Waals surface area (Å²) in [6.45, 7) is 1.30. The van der Waals surface area contributed by atoms with Crippen LogP contribution in [0.2, 0.25) is 0 Å². The van der Waals surface area contributed by atoms with E-state index >= 15 is 0 Å². The van der Waals surface area contributed by atoms with Crippen LogP contribution in [0, 0.1) is 6.92 Å². The molecule has 0 bridgehead atoms. The first kappa shape index (κ1) is 18.6. The fraction of sp³-hybridized carbons (Fsp3) is 0.294. The molecule has 1 N–H and O–H groups in total. The van der Waals surface area contributed by atoms with Crippen molar-refractivity contribution in [2.24, 2.45) is 0 Å². The van der Waals surface area contributed by atoms with Gasteiger partial charge < -0.3 is 14.6 Å². The molecule has 0 aliphatic carbocycles. The summed E-state index contributed by atoms with van der Waals surface area (Å²) in [6, 6.07) is 7.61. The lowest BCUT2D eigenvalue weighted by Crippen LogP contribution is -2.30. The zero-order valence-electron chi connectivity index (χ0n) is 13.7. The number of alkyl halides is 3. The first-order chi connectivity index (χ1) is 11.7. The zero-order chi connectivity index (χ0) is 18.6. The number of nitrogens with one attached hydrogen (secondary N) is 1. The third-order valence-corrected chi connectivity index (χ3v) is 3.56. The summed E-state index contributed by atoms with van der Waals surface area (Å²) in [5, 5.41) is 2.62. The van der Waals surface area contributed by atoms with Crippen LogP contribution >= 0.6 is 0 Å². The Hall–Kier alpha value is -2.77. The van der Waals surface area contributed by atoms with Crippen LogP contribution in [0.1, 0.15) is 32.9 Å². The molecule has 25 heavy (non-hydrogen) atoms. The van der Waals surface area contributed by atoms with Crippen LogP contribution in [-0.4, -0.2) is 36.5 Å². The molecule has 1 heterocycles. The molecule has 0 saturated carbocycles. The lowest BCUT2D eigenvalue weighted by molar-refractivity contribution is -0.136. The van der Waals surface area contributed by atoms with Gasteiger partial charge in [0.25, 0.3) is 11.8 Å². The van der Waals surface area contributed by atoms with Crippen molar-refractivity contribution in [2.75, 3.05) is 18.9 Å². The predicted octanol–water partition coefficient (Wildman–Crippen LogP) is 3.86. The number of aryl methyl sites for hydroxylation is 1. The molecule has 0 radical (unpaired) electrons. The van der Waals surface area contributed by atoms with Crippen LogP contribution in [0.15, 0.2) is 41.0 Å². The smallest absolute Gasteiger partial charge is 0.390 e. The summed E-state index contributed by atoms with van der Waals surface area (Å²) in [6.07, 6.45) is -4.05. The van der Waals surface area contributed by atoms with E-state index in [9.17, 15) is 22.8 Å². The number of furan rings is 1. The maximum atomic E-state index is 12.3. The SMILES string of the molecule is Cc1ccc(C(=O)N(C)CCC(F)(F)F)cc1NC(=O)c1ccco1. The second-order valence-corrected chi connectivity index (χ2v) is 5.55. The Balaban J connectivity index is 2.12. The Morgan fingerprint density at radius 1 is 1.24 bits per heavy atom. The predicted molar refractivity (Wildman–Crippen MR) is 85.5 cm³/mol. The molecular formula is C17H17F3N2O3. The molecule has 2 rings (SSSR count). The van der Waals surface area contributed by atoms with Crippen LogP contribution in [0.25, 0.3) is 0 Å². The summed E-state index contributed by atoms with van der Waals surface area (Å²) in [4.78, 5) is 25.3. The number of carbonyl (C=O) groups excluding carboxylic acids is 2. The number of halogens is 3. The minimum atomic E-state index is -4.33. The topological polar surface area (TPSA) is 62.6 Å².